The normalized spacial score (nSPS) is 13.4. The van der Waals surface area contributed by atoms with E-state index in [1.54, 1.807) is 12.3 Å². The fraction of sp³-hybridized carbons (Fsp3) is 0.200. The van der Waals surface area contributed by atoms with E-state index >= 15 is 0 Å². The molecule has 1 heterocycles. The fourth-order valence-electron chi connectivity index (χ4n) is 1.58. The van der Waals surface area contributed by atoms with Crippen LogP contribution in [0.15, 0.2) is 24.4 Å². The van der Waals surface area contributed by atoms with E-state index in [0.717, 1.165) is 11.1 Å². The second kappa shape index (κ2) is 3.40. The van der Waals surface area contributed by atoms with Crippen LogP contribution in [-0.4, -0.2) is 11.5 Å². The minimum Gasteiger partial charge on any atom is -0.361 e. The van der Waals surface area contributed by atoms with Crippen LogP contribution < -0.4 is 11.5 Å². The van der Waals surface area contributed by atoms with Crippen molar-refractivity contribution in [1.29, 1.82) is 0 Å². The van der Waals surface area contributed by atoms with Crippen LogP contribution in [-0.2, 0) is 0 Å². The molecule has 0 fully saturated rings. The molecule has 0 amide bonds. The van der Waals surface area contributed by atoms with Crippen molar-refractivity contribution in [2.75, 3.05) is 6.54 Å². The van der Waals surface area contributed by atoms with E-state index in [1.165, 1.54) is 6.07 Å². The number of hydrogen-bond donors (Lipinski definition) is 3. The third kappa shape index (κ3) is 1.29. The van der Waals surface area contributed by atoms with Crippen LogP contribution in [0.1, 0.15) is 11.6 Å². The first-order valence-electron chi connectivity index (χ1n) is 4.45. The number of aromatic amines is 1. The Bertz CT molecular complexity index is 450. The molecule has 5 N–H and O–H groups in total. The van der Waals surface area contributed by atoms with Crippen LogP contribution in [0.2, 0.25) is 0 Å². The van der Waals surface area contributed by atoms with E-state index in [4.69, 9.17) is 11.5 Å². The highest BCUT2D eigenvalue weighted by Gasteiger charge is 2.12. The maximum atomic E-state index is 13.5. The monoisotopic (exact) mass is 193 g/mol. The molecular weight excluding hydrogens is 181 g/mol. The summed E-state index contributed by atoms with van der Waals surface area (Å²) in [6.45, 7) is 0.307. The molecule has 0 aliphatic heterocycles. The Morgan fingerprint density at radius 1 is 1.43 bits per heavy atom. The van der Waals surface area contributed by atoms with Gasteiger partial charge in [0.25, 0.3) is 0 Å². The maximum Gasteiger partial charge on any atom is 0.132 e. The van der Waals surface area contributed by atoms with Crippen molar-refractivity contribution in [1.82, 2.24) is 4.98 Å². The van der Waals surface area contributed by atoms with Gasteiger partial charge in [-0.3, -0.25) is 0 Å². The number of nitrogens with one attached hydrogen (secondary N) is 1. The van der Waals surface area contributed by atoms with Gasteiger partial charge in [-0.05, 0) is 17.7 Å². The molecule has 4 heteroatoms. The zero-order valence-electron chi connectivity index (χ0n) is 7.63. The van der Waals surface area contributed by atoms with E-state index in [2.05, 4.69) is 4.98 Å². The van der Waals surface area contributed by atoms with Gasteiger partial charge < -0.3 is 16.5 Å². The first-order valence-corrected chi connectivity index (χ1v) is 4.45. The Balaban J connectivity index is 2.67. The number of hydrogen-bond acceptors (Lipinski definition) is 2. The molecule has 0 saturated heterocycles. The van der Waals surface area contributed by atoms with Crippen molar-refractivity contribution in [3.63, 3.8) is 0 Å². The quantitative estimate of drug-likeness (QED) is 0.672. The molecule has 0 bridgehead atoms. The number of aromatic nitrogens is 1. The number of rotatable bonds is 2. The highest BCUT2D eigenvalue weighted by Crippen LogP contribution is 2.24. The van der Waals surface area contributed by atoms with Crippen molar-refractivity contribution in [3.8, 4) is 0 Å². The van der Waals surface area contributed by atoms with Gasteiger partial charge in [0.15, 0.2) is 0 Å². The molecule has 14 heavy (non-hydrogen) atoms. The molecule has 1 aromatic carbocycles. The highest BCUT2D eigenvalue weighted by atomic mass is 19.1. The first kappa shape index (κ1) is 9.18. The summed E-state index contributed by atoms with van der Waals surface area (Å²) >= 11 is 0. The minimum absolute atomic E-state index is 0.261. The van der Waals surface area contributed by atoms with E-state index < -0.39 is 0 Å². The Morgan fingerprint density at radius 3 is 2.93 bits per heavy atom. The molecule has 1 aromatic heterocycles. The van der Waals surface area contributed by atoms with Gasteiger partial charge in [-0.2, -0.15) is 0 Å². The van der Waals surface area contributed by atoms with Gasteiger partial charge in [-0.25, -0.2) is 4.39 Å². The minimum atomic E-state index is -0.319. The lowest BCUT2D eigenvalue weighted by Crippen LogP contribution is -2.20. The van der Waals surface area contributed by atoms with Crippen molar-refractivity contribution in [3.05, 3.63) is 35.8 Å². The molecule has 3 nitrogen and oxygen atoms in total. The predicted molar refractivity (Wildman–Crippen MR) is 54.2 cm³/mol. The van der Waals surface area contributed by atoms with Crippen molar-refractivity contribution >= 4 is 10.9 Å². The summed E-state index contributed by atoms with van der Waals surface area (Å²) in [5, 5.41) is 0.547. The molecule has 0 aliphatic rings. The lowest BCUT2D eigenvalue weighted by molar-refractivity contribution is 0.636. The number of nitrogens with two attached hydrogens (primary N) is 2. The summed E-state index contributed by atoms with van der Waals surface area (Å²) in [5.74, 6) is -0.261. The molecule has 1 unspecified atom stereocenters. The number of fused-ring (bicyclic) bond motifs is 1. The molecule has 74 valence electrons. The van der Waals surface area contributed by atoms with Gasteiger partial charge in [0.1, 0.15) is 5.82 Å². The Kier molecular flexibility index (Phi) is 2.23. The van der Waals surface area contributed by atoms with E-state index in [0.29, 0.717) is 11.9 Å². The summed E-state index contributed by atoms with van der Waals surface area (Å²) in [6, 6.07) is 4.57. The first-order chi connectivity index (χ1) is 6.74. The summed E-state index contributed by atoms with van der Waals surface area (Å²) < 4.78 is 13.5. The summed E-state index contributed by atoms with van der Waals surface area (Å²) in [6.07, 6.45) is 1.71. The Hall–Kier alpha value is -1.39. The molecule has 1 atom stereocenters. The van der Waals surface area contributed by atoms with E-state index in [1.807, 2.05) is 6.07 Å². The summed E-state index contributed by atoms with van der Waals surface area (Å²) in [4.78, 5) is 2.97. The zero-order valence-corrected chi connectivity index (χ0v) is 7.63. The standard InChI is InChI=1S/C10H12FN3/c11-7-2-1-3-9-10(7)6(5-14-9)8(13)4-12/h1-3,5,8,14H,4,12-13H2. The smallest absolute Gasteiger partial charge is 0.132 e. The van der Waals surface area contributed by atoms with Crippen LogP contribution in [0.5, 0.6) is 0 Å². The van der Waals surface area contributed by atoms with Crippen molar-refractivity contribution in [2.45, 2.75) is 6.04 Å². The van der Waals surface area contributed by atoms with Gasteiger partial charge in [-0.15, -0.1) is 0 Å². The number of H-pyrrole nitrogens is 1. The van der Waals surface area contributed by atoms with Gasteiger partial charge in [-0.1, -0.05) is 6.07 Å². The van der Waals surface area contributed by atoms with Crippen LogP contribution in [0.3, 0.4) is 0 Å². The Labute approximate surface area is 80.9 Å². The molecule has 2 rings (SSSR count). The molecule has 0 aliphatic carbocycles. The van der Waals surface area contributed by atoms with Crippen LogP contribution in [0.4, 0.5) is 4.39 Å². The largest absolute Gasteiger partial charge is 0.361 e. The van der Waals surface area contributed by atoms with Crippen molar-refractivity contribution < 1.29 is 4.39 Å². The van der Waals surface area contributed by atoms with Gasteiger partial charge in [0.2, 0.25) is 0 Å². The van der Waals surface area contributed by atoms with Gasteiger partial charge in [0, 0.05) is 29.7 Å². The van der Waals surface area contributed by atoms with Crippen LogP contribution >= 0.6 is 0 Å². The molecule has 2 aromatic rings. The SMILES string of the molecule is NCC(N)c1c[nH]c2cccc(F)c12. The fourth-order valence-corrected chi connectivity index (χ4v) is 1.58. The van der Waals surface area contributed by atoms with Gasteiger partial charge in [0.05, 0.1) is 0 Å². The third-order valence-electron chi connectivity index (χ3n) is 2.34. The summed E-state index contributed by atoms with van der Waals surface area (Å²) in [5.41, 5.74) is 12.7. The van der Waals surface area contributed by atoms with E-state index in [9.17, 15) is 4.39 Å². The van der Waals surface area contributed by atoms with Crippen molar-refractivity contribution in [2.24, 2.45) is 11.5 Å². The van der Waals surface area contributed by atoms with Gasteiger partial charge >= 0.3 is 0 Å². The molecular formula is C10H12FN3. The van der Waals surface area contributed by atoms with Crippen LogP contribution in [0.25, 0.3) is 10.9 Å². The molecule has 0 radical (unpaired) electrons. The van der Waals surface area contributed by atoms with Crippen LogP contribution in [0, 0.1) is 5.82 Å². The topological polar surface area (TPSA) is 67.8 Å². The highest BCUT2D eigenvalue weighted by molar-refractivity contribution is 5.84. The zero-order chi connectivity index (χ0) is 10.1. The lowest BCUT2D eigenvalue weighted by atomic mass is 10.1. The third-order valence-corrected chi connectivity index (χ3v) is 2.34. The second-order valence-corrected chi connectivity index (χ2v) is 3.25. The Morgan fingerprint density at radius 2 is 2.21 bits per heavy atom. The second-order valence-electron chi connectivity index (χ2n) is 3.25. The predicted octanol–water partition coefficient (Wildman–Crippen LogP) is 1.27. The summed E-state index contributed by atoms with van der Waals surface area (Å²) in [7, 11) is 0. The average molecular weight is 193 g/mol. The number of halogens is 1. The molecule has 0 saturated carbocycles. The average Bonchev–Trinajstić information content (AvgIpc) is 2.62. The number of benzene rings is 1. The molecule has 0 spiro atoms. The lowest BCUT2D eigenvalue weighted by Gasteiger charge is -2.06. The van der Waals surface area contributed by atoms with E-state index in [-0.39, 0.29) is 11.9 Å². The maximum absolute atomic E-state index is 13.5.